The molecule has 2 N–H and O–H groups in total. The monoisotopic (exact) mass is 456 g/mol. The molecular weight excluding hydrogens is 432 g/mol. The van der Waals surface area contributed by atoms with Crippen LogP contribution in [-0.2, 0) is 13.0 Å². The van der Waals surface area contributed by atoms with Crippen LogP contribution in [0.25, 0.3) is 0 Å². The SMILES string of the molecule is CCCc1cc2c(c(=O)n1CCN(C)C)C(c1ccccc1Br)C(C#N)=C(N)O2. The molecule has 1 aliphatic heterocycles. The van der Waals surface area contributed by atoms with E-state index in [0.29, 0.717) is 17.9 Å². The summed E-state index contributed by atoms with van der Waals surface area (Å²) in [6.45, 7) is 3.38. The highest BCUT2D eigenvalue weighted by Gasteiger charge is 2.35. The van der Waals surface area contributed by atoms with Gasteiger partial charge in [-0.25, -0.2) is 0 Å². The van der Waals surface area contributed by atoms with Crippen LogP contribution in [0.5, 0.6) is 5.75 Å². The second kappa shape index (κ2) is 8.85. The van der Waals surface area contributed by atoms with Gasteiger partial charge in [0.15, 0.2) is 0 Å². The Bertz CT molecular complexity index is 1050. The van der Waals surface area contributed by atoms with Gasteiger partial charge >= 0.3 is 0 Å². The van der Waals surface area contributed by atoms with Crippen molar-refractivity contribution in [1.29, 1.82) is 5.26 Å². The van der Waals surface area contributed by atoms with E-state index in [2.05, 4.69) is 28.9 Å². The van der Waals surface area contributed by atoms with E-state index in [-0.39, 0.29) is 17.0 Å². The van der Waals surface area contributed by atoms with E-state index in [1.807, 2.05) is 53.9 Å². The van der Waals surface area contributed by atoms with Crippen LogP contribution in [0.15, 0.2) is 51.1 Å². The molecule has 1 atom stereocenters. The maximum atomic E-state index is 13.7. The molecule has 2 aromatic rings. The van der Waals surface area contributed by atoms with Crippen molar-refractivity contribution in [1.82, 2.24) is 9.47 Å². The Hall–Kier alpha value is -2.56. The van der Waals surface area contributed by atoms with Crippen molar-refractivity contribution >= 4 is 15.9 Å². The Labute approximate surface area is 179 Å². The van der Waals surface area contributed by atoms with Crippen molar-refractivity contribution in [3.8, 4) is 11.8 Å². The number of hydrogen-bond donors (Lipinski definition) is 1. The van der Waals surface area contributed by atoms with Crippen LogP contribution in [-0.4, -0.2) is 30.1 Å². The molecule has 0 spiro atoms. The number of nitrogens with two attached hydrogens (primary N) is 1. The number of likely N-dealkylation sites (N-methyl/N-ethyl adjacent to an activating group) is 1. The number of hydrogen-bond acceptors (Lipinski definition) is 5. The van der Waals surface area contributed by atoms with Crippen LogP contribution in [0.1, 0.15) is 36.1 Å². The van der Waals surface area contributed by atoms with E-state index in [0.717, 1.165) is 35.1 Å². The normalized spacial score (nSPS) is 15.8. The highest BCUT2D eigenvalue weighted by Crippen LogP contribution is 2.42. The number of allylic oxidation sites excluding steroid dienone is 1. The largest absolute Gasteiger partial charge is 0.440 e. The molecule has 0 saturated carbocycles. The zero-order valence-corrected chi connectivity index (χ0v) is 18.5. The number of halogens is 1. The fraction of sp³-hybridized carbons (Fsp3) is 0.364. The number of benzene rings is 1. The Kier molecular flexibility index (Phi) is 6.46. The molecule has 1 unspecified atom stereocenters. The summed E-state index contributed by atoms with van der Waals surface area (Å²) in [5.41, 5.74) is 8.41. The van der Waals surface area contributed by atoms with E-state index in [9.17, 15) is 10.1 Å². The van der Waals surface area contributed by atoms with Crippen LogP contribution >= 0.6 is 15.9 Å². The Balaban J connectivity index is 2.28. The molecule has 6 nitrogen and oxygen atoms in total. The molecule has 152 valence electrons. The zero-order valence-electron chi connectivity index (χ0n) is 16.9. The molecule has 3 rings (SSSR count). The van der Waals surface area contributed by atoms with Gasteiger partial charge in [0.25, 0.3) is 5.56 Å². The third-order valence-corrected chi connectivity index (χ3v) is 5.78. The second-order valence-electron chi connectivity index (χ2n) is 7.37. The lowest BCUT2D eigenvalue weighted by atomic mass is 9.84. The summed E-state index contributed by atoms with van der Waals surface area (Å²) in [7, 11) is 3.96. The zero-order chi connectivity index (χ0) is 21.1. The first kappa shape index (κ1) is 21.2. The molecule has 1 aromatic heterocycles. The number of aromatic nitrogens is 1. The standard InChI is InChI=1S/C22H25BrN4O2/c1-4-7-14-12-18-20(22(28)27(14)11-10-26(2)3)19(16(13-24)21(25)29-18)15-8-5-6-9-17(15)23/h5-6,8-9,12,19H,4,7,10-11,25H2,1-3H3. The number of fused-ring (bicyclic) bond motifs is 1. The van der Waals surface area contributed by atoms with Gasteiger partial charge in [-0.1, -0.05) is 47.5 Å². The lowest BCUT2D eigenvalue weighted by molar-refractivity contribution is 0.367. The third-order valence-electron chi connectivity index (χ3n) is 5.06. The van der Waals surface area contributed by atoms with E-state index in [1.54, 1.807) is 0 Å². The first-order valence-electron chi connectivity index (χ1n) is 9.62. The molecule has 0 bridgehead atoms. The van der Waals surface area contributed by atoms with Crippen molar-refractivity contribution in [2.24, 2.45) is 5.73 Å². The lowest BCUT2D eigenvalue weighted by Gasteiger charge is -2.28. The van der Waals surface area contributed by atoms with E-state index >= 15 is 0 Å². The lowest BCUT2D eigenvalue weighted by Crippen LogP contribution is -2.35. The van der Waals surface area contributed by atoms with Crippen LogP contribution in [0.3, 0.4) is 0 Å². The number of rotatable bonds is 6. The van der Waals surface area contributed by atoms with Crippen LogP contribution in [0.2, 0.25) is 0 Å². The number of aryl methyl sites for hydroxylation is 1. The van der Waals surface area contributed by atoms with Gasteiger partial charge in [0, 0.05) is 29.3 Å². The summed E-state index contributed by atoms with van der Waals surface area (Å²) in [5.74, 6) is -0.0847. The summed E-state index contributed by atoms with van der Waals surface area (Å²) in [6.07, 6.45) is 1.66. The van der Waals surface area contributed by atoms with E-state index < -0.39 is 5.92 Å². The summed E-state index contributed by atoms with van der Waals surface area (Å²) >= 11 is 3.56. The van der Waals surface area contributed by atoms with Gasteiger partial charge in [-0.2, -0.15) is 5.26 Å². The molecular formula is C22H25BrN4O2. The molecule has 1 aliphatic rings. The minimum atomic E-state index is -0.576. The van der Waals surface area contributed by atoms with Crippen molar-refractivity contribution in [2.45, 2.75) is 32.2 Å². The molecule has 0 saturated heterocycles. The third kappa shape index (κ3) is 4.09. The minimum Gasteiger partial charge on any atom is -0.440 e. The molecule has 29 heavy (non-hydrogen) atoms. The summed E-state index contributed by atoms with van der Waals surface area (Å²) in [5, 5.41) is 9.79. The number of nitriles is 1. The van der Waals surface area contributed by atoms with Gasteiger partial charge in [0.2, 0.25) is 5.88 Å². The van der Waals surface area contributed by atoms with Crippen LogP contribution in [0, 0.1) is 11.3 Å². The molecule has 0 fully saturated rings. The molecule has 2 heterocycles. The maximum absolute atomic E-state index is 13.7. The van der Waals surface area contributed by atoms with Gasteiger partial charge < -0.3 is 19.9 Å². The van der Waals surface area contributed by atoms with Gasteiger partial charge in [0.05, 0.1) is 11.5 Å². The van der Waals surface area contributed by atoms with Gasteiger partial charge in [-0.15, -0.1) is 0 Å². The predicted octanol–water partition coefficient (Wildman–Crippen LogP) is 3.34. The summed E-state index contributed by atoms with van der Waals surface area (Å²) in [6, 6.07) is 11.6. The average Bonchev–Trinajstić information content (AvgIpc) is 2.67. The van der Waals surface area contributed by atoms with E-state index in [4.69, 9.17) is 10.5 Å². The summed E-state index contributed by atoms with van der Waals surface area (Å²) in [4.78, 5) is 15.7. The fourth-order valence-corrected chi connectivity index (χ4v) is 4.16. The molecule has 7 heteroatoms. The predicted molar refractivity (Wildman–Crippen MR) is 117 cm³/mol. The van der Waals surface area contributed by atoms with Crippen molar-refractivity contribution < 1.29 is 4.74 Å². The minimum absolute atomic E-state index is 0.0497. The fourth-order valence-electron chi connectivity index (χ4n) is 3.65. The number of pyridine rings is 1. The number of ether oxygens (including phenoxy) is 1. The molecule has 1 aromatic carbocycles. The van der Waals surface area contributed by atoms with E-state index in [1.165, 1.54) is 0 Å². The Morgan fingerprint density at radius 1 is 1.34 bits per heavy atom. The van der Waals surface area contributed by atoms with Gasteiger partial charge in [-0.05, 0) is 32.1 Å². The van der Waals surface area contributed by atoms with Crippen LogP contribution in [0.4, 0.5) is 0 Å². The smallest absolute Gasteiger partial charge is 0.258 e. The molecule has 0 amide bonds. The highest BCUT2D eigenvalue weighted by molar-refractivity contribution is 9.10. The van der Waals surface area contributed by atoms with Crippen molar-refractivity contribution in [3.05, 3.63) is 73.4 Å². The Morgan fingerprint density at radius 2 is 2.07 bits per heavy atom. The first-order chi connectivity index (χ1) is 13.9. The second-order valence-corrected chi connectivity index (χ2v) is 8.22. The Morgan fingerprint density at radius 3 is 2.69 bits per heavy atom. The quantitative estimate of drug-likeness (QED) is 0.720. The number of nitrogens with zero attached hydrogens (tertiary/aromatic N) is 3. The molecule has 0 aliphatic carbocycles. The highest BCUT2D eigenvalue weighted by atomic mass is 79.9. The van der Waals surface area contributed by atoms with Gasteiger partial charge in [-0.3, -0.25) is 4.79 Å². The van der Waals surface area contributed by atoms with Crippen molar-refractivity contribution in [3.63, 3.8) is 0 Å². The average molecular weight is 457 g/mol. The van der Waals surface area contributed by atoms with Crippen LogP contribution < -0.4 is 16.0 Å². The molecule has 0 radical (unpaired) electrons. The maximum Gasteiger partial charge on any atom is 0.258 e. The van der Waals surface area contributed by atoms with Crippen molar-refractivity contribution in [2.75, 3.05) is 20.6 Å². The summed E-state index contributed by atoms with van der Waals surface area (Å²) < 4.78 is 8.40. The van der Waals surface area contributed by atoms with Gasteiger partial charge in [0.1, 0.15) is 17.4 Å². The first-order valence-corrected chi connectivity index (χ1v) is 10.4. The topological polar surface area (TPSA) is 84.3 Å².